The quantitative estimate of drug-likeness (QED) is 0.318. The van der Waals surface area contributed by atoms with E-state index in [0.717, 1.165) is 34.0 Å². The van der Waals surface area contributed by atoms with Crippen LogP contribution in [-0.2, 0) is 16.4 Å². The number of nitrogens with one attached hydrogen (secondary N) is 1. The van der Waals surface area contributed by atoms with Gasteiger partial charge in [-0.2, -0.15) is 0 Å². The number of aliphatic hydroxyl groups excluding tert-OH is 2. The highest BCUT2D eigenvalue weighted by atomic mass is 32.2. The van der Waals surface area contributed by atoms with Crippen molar-refractivity contribution in [2.24, 2.45) is 0 Å². The minimum Gasteiger partial charge on any atom is -0.390 e. The third kappa shape index (κ3) is 7.75. The number of sulfonamides is 1. The molecule has 1 aromatic heterocycles. The Morgan fingerprint density at radius 2 is 1.97 bits per heavy atom. The minimum atomic E-state index is -3.58. The van der Waals surface area contributed by atoms with Crippen molar-refractivity contribution in [3.05, 3.63) is 46.5 Å². The molecule has 0 spiro atoms. The Kier molecular flexibility index (Phi) is 9.30. The number of rotatable bonds is 11. The van der Waals surface area contributed by atoms with E-state index in [9.17, 15) is 32.2 Å². The normalized spacial score (nSPS) is 14.2. The van der Waals surface area contributed by atoms with Gasteiger partial charge in [0.25, 0.3) is 5.91 Å². The Hall–Kier alpha value is -2.59. The molecule has 33 heavy (non-hydrogen) atoms. The lowest BCUT2D eigenvalue weighted by atomic mass is 9.95. The van der Waals surface area contributed by atoms with E-state index in [-0.39, 0.29) is 30.7 Å². The van der Waals surface area contributed by atoms with Crippen molar-refractivity contribution in [3.63, 3.8) is 0 Å². The van der Waals surface area contributed by atoms with Crippen LogP contribution in [0.2, 0.25) is 0 Å². The van der Waals surface area contributed by atoms with Crippen LogP contribution in [0.4, 0.5) is 13.9 Å². The van der Waals surface area contributed by atoms with Crippen molar-refractivity contribution in [2.75, 3.05) is 17.6 Å². The highest BCUT2D eigenvalue weighted by Gasteiger charge is 2.29. The van der Waals surface area contributed by atoms with Crippen molar-refractivity contribution in [1.82, 2.24) is 10.3 Å². The maximum Gasteiger partial charge on any atom is 0.271 e. The van der Waals surface area contributed by atoms with Gasteiger partial charge in [-0.15, -0.1) is 23.7 Å². The molecule has 0 radical (unpaired) electrons. The minimum absolute atomic E-state index is 0. The highest BCUT2D eigenvalue weighted by molar-refractivity contribution is 7.92. The second kappa shape index (κ2) is 11.5. The molecule has 1 amide bonds. The van der Waals surface area contributed by atoms with E-state index < -0.39 is 45.8 Å². The van der Waals surface area contributed by atoms with Crippen LogP contribution in [0.25, 0.3) is 0 Å². The van der Waals surface area contributed by atoms with Crippen LogP contribution in [0.5, 0.6) is 0 Å². The lowest BCUT2D eigenvalue weighted by Crippen LogP contribution is -2.50. The van der Waals surface area contributed by atoms with Crippen LogP contribution >= 0.6 is 11.3 Å². The first kappa shape index (κ1) is 26.7. The fourth-order valence-corrected chi connectivity index (χ4v) is 4.53. The van der Waals surface area contributed by atoms with Crippen molar-refractivity contribution in [2.45, 2.75) is 43.9 Å². The number of unbranched alkanes of at least 4 members (excludes halogenated alkanes) is 1. The number of benzene rings is 1. The number of amides is 1. The third-order valence-electron chi connectivity index (χ3n) is 4.81. The van der Waals surface area contributed by atoms with Crippen LogP contribution < -0.4 is 9.62 Å². The van der Waals surface area contributed by atoms with Crippen LogP contribution in [0.3, 0.4) is 0 Å². The largest absolute Gasteiger partial charge is 0.390 e. The Labute approximate surface area is 196 Å². The second-order valence-electron chi connectivity index (χ2n) is 7.46. The zero-order valence-corrected chi connectivity index (χ0v) is 19.7. The molecule has 3 atom stereocenters. The van der Waals surface area contributed by atoms with Crippen molar-refractivity contribution in [3.8, 4) is 12.3 Å². The van der Waals surface area contributed by atoms with Gasteiger partial charge in [0.15, 0.2) is 5.13 Å². The fourth-order valence-electron chi connectivity index (χ4n) is 2.99. The van der Waals surface area contributed by atoms with E-state index in [0.29, 0.717) is 18.9 Å². The average molecular weight is 504 g/mol. The molecule has 2 aromatic rings. The molecule has 8 nitrogen and oxygen atoms in total. The van der Waals surface area contributed by atoms with Gasteiger partial charge in [-0.3, -0.25) is 4.79 Å². The molecule has 3 N–H and O–H groups in total. The summed E-state index contributed by atoms with van der Waals surface area (Å²) in [6, 6.07) is 1.68. The van der Waals surface area contributed by atoms with E-state index in [2.05, 4.69) is 16.2 Å². The number of hydrogen-bond donors (Lipinski definition) is 3. The standard InChI is InChI=1S/C21H25F2N3O5S2.H2/c1-4-5-6-7-18(27)19(28)16(10-13-8-14(22)11-15(23)9-13)24-20(29)17-12-32-21(25-17)26(2)33(3,30)31;/h1,8-9,11-12,16,18-19,27-28H,5-7,10H2,2-3H3,(H,24,29);1H. The van der Waals surface area contributed by atoms with Gasteiger partial charge in [-0.25, -0.2) is 26.5 Å². The Balaban J connectivity index is 0.00000578. The molecule has 0 fully saturated rings. The molecule has 1 heterocycles. The van der Waals surface area contributed by atoms with Crippen LogP contribution in [0, 0.1) is 24.0 Å². The number of thiazole rings is 1. The zero-order chi connectivity index (χ0) is 24.8. The Morgan fingerprint density at radius 1 is 1.33 bits per heavy atom. The first-order valence-corrected chi connectivity index (χ1v) is 12.6. The zero-order valence-electron chi connectivity index (χ0n) is 18.0. The van der Waals surface area contributed by atoms with E-state index in [1.54, 1.807) is 0 Å². The number of halogens is 2. The average Bonchev–Trinajstić information content (AvgIpc) is 3.21. The van der Waals surface area contributed by atoms with Crippen LogP contribution in [0.15, 0.2) is 23.6 Å². The topological polar surface area (TPSA) is 120 Å². The van der Waals surface area contributed by atoms with E-state index >= 15 is 0 Å². The summed E-state index contributed by atoms with van der Waals surface area (Å²) in [7, 11) is -2.30. The molecule has 0 aliphatic heterocycles. The molecule has 0 aliphatic rings. The summed E-state index contributed by atoms with van der Waals surface area (Å²) in [5, 5.41) is 24.9. The summed E-state index contributed by atoms with van der Waals surface area (Å²) in [6.07, 6.45) is 4.21. The second-order valence-corrected chi connectivity index (χ2v) is 10.3. The Bertz CT molecular complexity index is 1100. The number of aromatic nitrogens is 1. The maximum atomic E-state index is 13.6. The van der Waals surface area contributed by atoms with Crippen molar-refractivity contribution < 1.29 is 33.6 Å². The number of nitrogens with zero attached hydrogens (tertiary/aromatic N) is 2. The monoisotopic (exact) mass is 503 g/mol. The van der Waals surface area contributed by atoms with Gasteiger partial charge in [0.1, 0.15) is 23.4 Å². The smallest absolute Gasteiger partial charge is 0.271 e. The van der Waals surface area contributed by atoms with Gasteiger partial charge in [-0.1, -0.05) is 0 Å². The van der Waals surface area contributed by atoms with Crippen LogP contribution in [-0.4, -0.2) is 61.1 Å². The lowest BCUT2D eigenvalue weighted by molar-refractivity contribution is -0.00792. The molecule has 12 heteroatoms. The van der Waals surface area contributed by atoms with Gasteiger partial charge >= 0.3 is 0 Å². The highest BCUT2D eigenvalue weighted by Crippen LogP contribution is 2.22. The van der Waals surface area contributed by atoms with Gasteiger partial charge in [0.05, 0.1) is 18.4 Å². The van der Waals surface area contributed by atoms with Gasteiger partial charge in [-0.05, 0) is 37.0 Å². The summed E-state index contributed by atoms with van der Waals surface area (Å²) in [6.45, 7) is 0. The molecular formula is C21H27F2N3O5S2. The number of hydrogen-bond acceptors (Lipinski definition) is 7. The van der Waals surface area contributed by atoms with Gasteiger partial charge in [0.2, 0.25) is 10.0 Å². The maximum absolute atomic E-state index is 13.6. The third-order valence-corrected chi connectivity index (χ3v) is 7.01. The van der Waals surface area contributed by atoms with Crippen LogP contribution in [0.1, 0.15) is 36.7 Å². The van der Waals surface area contributed by atoms with E-state index in [1.807, 2.05) is 0 Å². The Morgan fingerprint density at radius 3 is 2.55 bits per heavy atom. The summed E-state index contributed by atoms with van der Waals surface area (Å²) in [5.74, 6) is 0.0124. The summed E-state index contributed by atoms with van der Waals surface area (Å²) < 4.78 is 51.5. The summed E-state index contributed by atoms with van der Waals surface area (Å²) >= 11 is 0.921. The fraction of sp³-hybridized carbons (Fsp3) is 0.429. The van der Waals surface area contributed by atoms with E-state index in [1.165, 1.54) is 12.4 Å². The molecule has 182 valence electrons. The number of aliphatic hydroxyl groups is 2. The molecule has 0 bridgehead atoms. The predicted molar refractivity (Wildman–Crippen MR) is 123 cm³/mol. The number of anilines is 1. The molecule has 3 unspecified atom stereocenters. The number of carbonyl (C=O) groups is 1. The first-order valence-electron chi connectivity index (χ1n) is 9.87. The molecule has 2 rings (SSSR count). The van der Waals surface area contributed by atoms with E-state index in [4.69, 9.17) is 6.42 Å². The molecular weight excluding hydrogens is 476 g/mol. The molecule has 0 saturated carbocycles. The first-order chi connectivity index (χ1) is 15.4. The summed E-state index contributed by atoms with van der Waals surface area (Å²) in [5.41, 5.74) is 0.0402. The number of carbonyl (C=O) groups excluding carboxylic acids is 1. The molecule has 1 aromatic carbocycles. The van der Waals surface area contributed by atoms with Gasteiger partial charge in [0, 0.05) is 26.3 Å². The summed E-state index contributed by atoms with van der Waals surface area (Å²) in [4.78, 5) is 16.7. The number of terminal acetylenes is 1. The lowest BCUT2D eigenvalue weighted by Gasteiger charge is -2.28. The molecule has 0 aliphatic carbocycles. The van der Waals surface area contributed by atoms with Crippen molar-refractivity contribution in [1.29, 1.82) is 0 Å². The predicted octanol–water partition coefficient (Wildman–Crippen LogP) is 1.93. The SMILES string of the molecule is C#CCCCC(O)C(O)C(Cc1cc(F)cc(F)c1)NC(=O)c1csc(N(C)S(C)(=O)=O)n1.[HH]. The van der Waals surface area contributed by atoms with Gasteiger partial charge < -0.3 is 15.5 Å². The van der Waals surface area contributed by atoms with Crippen molar-refractivity contribution >= 4 is 32.4 Å². The molecule has 0 saturated heterocycles.